The molecule has 3 nitrogen and oxygen atoms in total. The van der Waals surface area contributed by atoms with E-state index in [1.165, 1.54) is 0 Å². The molecule has 1 amide bonds. The van der Waals surface area contributed by atoms with E-state index in [0.29, 0.717) is 16.7 Å². The summed E-state index contributed by atoms with van der Waals surface area (Å²) >= 11 is 0. The second-order valence-corrected chi connectivity index (χ2v) is 4.09. The predicted octanol–water partition coefficient (Wildman–Crippen LogP) is 2.32. The third kappa shape index (κ3) is 2.30. The van der Waals surface area contributed by atoms with Crippen LogP contribution in [0.5, 0.6) is 0 Å². The first-order valence-corrected chi connectivity index (χ1v) is 5.60. The highest BCUT2D eigenvalue weighted by Crippen LogP contribution is 2.14. The molecule has 0 radical (unpaired) electrons. The van der Waals surface area contributed by atoms with Crippen molar-refractivity contribution in [2.75, 3.05) is 0 Å². The third-order valence-corrected chi connectivity index (χ3v) is 2.80. The zero-order valence-electron chi connectivity index (χ0n) is 10.0. The largest absolute Gasteiger partial charge is 0.366 e. The quantitative estimate of drug-likeness (QED) is 0.835. The van der Waals surface area contributed by atoms with Crippen molar-refractivity contribution in [3.05, 3.63) is 70.8 Å². The van der Waals surface area contributed by atoms with E-state index in [1.807, 2.05) is 6.07 Å². The number of hydrogen-bond donors (Lipinski definition) is 1. The minimum absolute atomic E-state index is 0.113. The van der Waals surface area contributed by atoms with E-state index in [2.05, 4.69) is 0 Å². The van der Waals surface area contributed by atoms with Crippen LogP contribution >= 0.6 is 0 Å². The number of benzene rings is 2. The summed E-state index contributed by atoms with van der Waals surface area (Å²) in [7, 11) is 0. The normalized spacial score (nSPS) is 10.1. The average Bonchev–Trinajstić information content (AvgIpc) is 2.39. The van der Waals surface area contributed by atoms with E-state index in [4.69, 9.17) is 5.73 Å². The van der Waals surface area contributed by atoms with Crippen LogP contribution in [0.25, 0.3) is 0 Å². The van der Waals surface area contributed by atoms with E-state index in [-0.39, 0.29) is 5.78 Å². The molecule has 2 rings (SSSR count). The van der Waals surface area contributed by atoms with Crippen molar-refractivity contribution in [3.63, 3.8) is 0 Å². The molecule has 18 heavy (non-hydrogen) atoms. The summed E-state index contributed by atoms with van der Waals surface area (Å²) in [5.74, 6) is -0.631. The molecule has 90 valence electrons. The van der Waals surface area contributed by atoms with Gasteiger partial charge in [-0.05, 0) is 18.6 Å². The Morgan fingerprint density at radius 2 is 1.61 bits per heavy atom. The lowest BCUT2D eigenvalue weighted by Gasteiger charge is -2.05. The summed E-state index contributed by atoms with van der Waals surface area (Å²) in [5, 5.41) is 0. The molecular weight excluding hydrogens is 226 g/mol. The van der Waals surface area contributed by atoms with Crippen LogP contribution in [0.4, 0.5) is 0 Å². The van der Waals surface area contributed by atoms with Gasteiger partial charge in [0.2, 0.25) is 5.91 Å². The van der Waals surface area contributed by atoms with Gasteiger partial charge in [0.25, 0.3) is 0 Å². The van der Waals surface area contributed by atoms with Crippen LogP contribution in [0.1, 0.15) is 31.8 Å². The molecule has 0 spiro atoms. The van der Waals surface area contributed by atoms with Gasteiger partial charge in [-0.3, -0.25) is 9.59 Å². The number of carbonyl (C=O) groups excluding carboxylic acids is 2. The van der Waals surface area contributed by atoms with Gasteiger partial charge >= 0.3 is 0 Å². The van der Waals surface area contributed by atoms with Gasteiger partial charge in [0.1, 0.15) is 0 Å². The first-order valence-electron chi connectivity index (χ1n) is 5.60. The van der Waals surface area contributed by atoms with Crippen LogP contribution in [0.2, 0.25) is 0 Å². The Kier molecular flexibility index (Phi) is 3.24. The van der Waals surface area contributed by atoms with E-state index < -0.39 is 5.91 Å². The van der Waals surface area contributed by atoms with Crippen molar-refractivity contribution in [1.29, 1.82) is 0 Å². The molecule has 2 aromatic carbocycles. The van der Waals surface area contributed by atoms with E-state index in [1.54, 1.807) is 49.4 Å². The number of nitrogens with two attached hydrogens (primary N) is 1. The molecule has 0 aliphatic heterocycles. The van der Waals surface area contributed by atoms with Crippen molar-refractivity contribution in [2.24, 2.45) is 5.73 Å². The Hall–Kier alpha value is -2.42. The van der Waals surface area contributed by atoms with Gasteiger partial charge in [-0.1, -0.05) is 42.5 Å². The zero-order chi connectivity index (χ0) is 13.1. The van der Waals surface area contributed by atoms with Gasteiger partial charge in [0.05, 0.1) is 0 Å². The Labute approximate surface area is 105 Å². The Balaban J connectivity index is 2.44. The lowest BCUT2D eigenvalue weighted by Crippen LogP contribution is -2.14. The topological polar surface area (TPSA) is 60.2 Å². The molecule has 0 aliphatic rings. The van der Waals surface area contributed by atoms with Crippen LogP contribution in [-0.4, -0.2) is 11.7 Å². The van der Waals surface area contributed by atoms with Gasteiger partial charge in [-0.15, -0.1) is 0 Å². The molecule has 2 aromatic rings. The van der Waals surface area contributed by atoms with Gasteiger partial charge in [-0.2, -0.15) is 0 Å². The van der Waals surface area contributed by atoms with Gasteiger partial charge in [-0.25, -0.2) is 0 Å². The summed E-state index contributed by atoms with van der Waals surface area (Å²) in [6.45, 7) is 1.79. The Morgan fingerprint density at radius 3 is 2.22 bits per heavy atom. The maximum atomic E-state index is 12.2. The van der Waals surface area contributed by atoms with E-state index in [0.717, 1.165) is 5.56 Å². The predicted molar refractivity (Wildman–Crippen MR) is 69.6 cm³/mol. The van der Waals surface area contributed by atoms with Crippen molar-refractivity contribution < 1.29 is 9.59 Å². The monoisotopic (exact) mass is 239 g/mol. The van der Waals surface area contributed by atoms with Crippen LogP contribution in [0, 0.1) is 6.92 Å². The summed E-state index contributed by atoms with van der Waals surface area (Å²) in [6.07, 6.45) is 0. The lowest BCUT2D eigenvalue weighted by molar-refractivity contribution is 0.0999. The van der Waals surface area contributed by atoms with Crippen LogP contribution in [0.15, 0.2) is 48.5 Å². The summed E-state index contributed by atoms with van der Waals surface area (Å²) in [5.41, 5.74) is 7.50. The van der Waals surface area contributed by atoms with E-state index >= 15 is 0 Å². The van der Waals surface area contributed by atoms with Crippen LogP contribution in [-0.2, 0) is 0 Å². The number of primary amides is 1. The Bertz CT molecular complexity index is 603. The fourth-order valence-electron chi connectivity index (χ4n) is 1.78. The third-order valence-electron chi connectivity index (χ3n) is 2.80. The molecule has 3 heteroatoms. The minimum Gasteiger partial charge on any atom is -0.366 e. The van der Waals surface area contributed by atoms with Gasteiger partial charge < -0.3 is 5.73 Å². The summed E-state index contributed by atoms with van der Waals surface area (Å²) in [4.78, 5) is 23.4. The second kappa shape index (κ2) is 4.84. The molecule has 0 aliphatic carbocycles. The van der Waals surface area contributed by atoms with Crippen molar-refractivity contribution in [3.8, 4) is 0 Å². The van der Waals surface area contributed by atoms with Crippen molar-refractivity contribution in [2.45, 2.75) is 6.92 Å². The highest BCUT2D eigenvalue weighted by Gasteiger charge is 2.12. The number of ketones is 1. The number of aryl methyl sites for hydroxylation is 1. The molecule has 0 saturated carbocycles. The standard InChI is InChI=1S/C15H13NO2/c1-10-7-8-12(9-13(10)15(16)18)14(17)11-5-3-2-4-6-11/h2-9H,1H3,(H2,16,18). The first-order chi connectivity index (χ1) is 8.59. The molecule has 0 unspecified atom stereocenters. The zero-order valence-corrected chi connectivity index (χ0v) is 10.0. The van der Waals surface area contributed by atoms with Crippen molar-refractivity contribution in [1.82, 2.24) is 0 Å². The number of carbonyl (C=O) groups is 2. The fraction of sp³-hybridized carbons (Fsp3) is 0.0667. The molecule has 0 aromatic heterocycles. The molecule has 2 N–H and O–H groups in total. The molecule has 0 atom stereocenters. The summed E-state index contributed by atoms with van der Waals surface area (Å²) < 4.78 is 0. The smallest absolute Gasteiger partial charge is 0.248 e. The molecule has 0 heterocycles. The maximum Gasteiger partial charge on any atom is 0.248 e. The SMILES string of the molecule is Cc1ccc(C(=O)c2ccccc2)cc1C(N)=O. The second-order valence-electron chi connectivity index (χ2n) is 4.09. The molecule has 0 fully saturated rings. The van der Waals surface area contributed by atoms with Gasteiger partial charge in [0, 0.05) is 16.7 Å². The van der Waals surface area contributed by atoms with E-state index in [9.17, 15) is 9.59 Å². The maximum absolute atomic E-state index is 12.2. The summed E-state index contributed by atoms with van der Waals surface area (Å²) in [6, 6.07) is 13.9. The number of hydrogen-bond acceptors (Lipinski definition) is 2. The average molecular weight is 239 g/mol. The highest BCUT2D eigenvalue weighted by molar-refractivity contribution is 6.10. The molecule has 0 bridgehead atoms. The Morgan fingerprint density at radius 1 is 0.944 bits per heavy atom. The fourth-order valence-corrected chi connectivity index (χ4v) is 1.78. The van der Waals surface area contributed by atoms with Crippen LogP contribution < -0.4 is 5.73 Å². The number of amides is 1. The first kappa shape index (κ1) is 12.0. The van der Waals surface area contributed by atoms with Gasteiger partial charge in [0.15, 0.2) is 5.78 Å². The molecular formula is C15H13NO2. The molecule has 0 saturated heterocycles. The lowest BCUT2D eigenvalue weighted by atomic mass is 9.98. The van der Waals surface area contributed by atoms with Crippen molar-refractivity contribution >= 4 is 11.7 Å². The minimum atomic E-state index is -0.518. The highest BCUT2D eigenvalue weighted by atomic mass is 16.1. The van der Waals surface area contributed by atoms with Crippen LogP contribution in [0.3, 0.4) is 0 Å². The number of rotatable bonds is 3.